The van der Waals surface area contributed by atoms with E-state index < -0.39 is 0 Å². The molecule has 0 aliphatic carbocycles. The van der Waals surface area contributed by atoms with Crippen molar-refractivity contribution in [2.45, 2.75) is 6.42 Å². The van der Waals surface area contributed by atoms with Crippen LogP contribution >= 0.6 is 0 Å². The maximum absolute atomic E-state index is 5.07. The zero-order valence-electron chi connectivity index (χ0n) is 13.7. The molecule has 2 heterocycles. The molecule has 0 fully saturated rings. The molecule has 0 atom stereocenters. The fourth-order valence-electron chi connectivity index (χ4n) is 3.35. The van der Waals surface area contributed by atoms with Gasteiger partial charge in [-0.15, -0.1) is 0 Å². The number of benzene rings is 2. The van der Waals surface area contributed by atoms with Gasteiger partial charge in [0, 0.05) is 25.7 Å². The Balaban J connectivity index is 1.93. The number of fused-ring (bicyclic) bond motifs is 2. The van der Waals surface area contributed by atoms with E-state index in [9.17, 15) is 0 Å². The lowest BCUT2D eigenvalue weighted by atomic mass is 9.96. The minimum Gasteiger partial charge on any atom is -0.342 e. The third-order valence-electron chi connectivity index (χ3n) is 4.71. The summed E-state index contributed by atoms with van der Waals surface area (Å²) in [5, 5.41) is 0. The molecule has 4 rings (SSSR count). The number of likely N-dealkylation sites (N-methyl/N-ethyl adjacent to an activating group) is 1. The first-order valence-corrected chi connectivity index (χ1v) is 8.13. The largest absolute Gasteiger partial charge is 0.342 e. The average Bonchev–Trinajstić information content (AvgIpc) is 2.72. The van der Waals surface area contributed by atoms with Gasteiger partial charge in [0.25, 0.3) is 0 Å². The van der Waals surface area contributed by atoms with Crippen LogP contribution in [-0.4, -0.2) is 37.8 Å². The number of aliphatic imine (C=N–C) groups is 1. The van der Waals surface area contributed by atoms with Crippen molar-refractivity contribution in [2.75, 3.05) is 32.1 Å². The highest BCUT2D eigenvalue weighted by atomic mass is 15.1. The van der Waals surface area contributed by atoms with Crippen LogP contribution in [0.1, 0.15) is 12.0 Å². The molecule has 0 radical (unpaired) electrons. The summed E-state index contributed by atoms with van der Waals surface area (Å²) >= 11 is 0. The molecule has 0 unspecified atom stereocenters. The van der Waals surface area contributed by atoms with Gasteiger partial charge in [-0.25, -0.2) is 4.99 Å². The van der Waals surface area contributed by atoms with Gasteiger partial charge < -0.3 is 9.80 Å². The van der Waals surface area contributed by atoms with Crippen LogP contribution in [0.15, 0.2) is 65.2 Å². The predicted molar refractivity (Wildman–Crippen MR) is 97.3 cm³/mol. The van der Waals surface area contributed by atoms with Gasteiger partial charge in [0.15, 0.2) is 0 Å². The first-order chi connectivity index (χ1) is 11.2. The monoisotopic (exact) mass is 303 g/mol. The lowest BCUT2D eigenvalue weighted by molar-refractivity contribution is 0.362. The molecule has 2 aromatic carbocycles. The van der Waals surface area contributed by atoms with Crippen molar-refractivity contribution < 1.29 is 0 Å². The first-order valence-electron chi connectivity index (χ1n) is 8.13. The number of anilines is 2. The second-order valence-electron chi connectivity index (χ2n) is 6.27. The van der Waals surface area contributed by atoms with Crippen LogP contribution in [0, 0.1) is 0 Å². The van der Waals surface area contributed by atoms with Crippen molar-refractivity contribution in [3.8, 4) is 0 Å². The summed E-state index contributed by atoms with van der Waals surface area (Å²) in [6.45, 7) is 2.08. The molecule has 0 saturated heterocycles. The normalized spacial score (nSPS) is 17.7. The van der Waals surface area contributed by atoms with E-state index in [1.807, 2.05) is 0 Å². The molecule has 0 aromatic heterocycles. The number of hydrogen-bond acceptors (Lipinski definition) is 3. The van der Waals surface area contributed by atoms with E-state index in [0.29, 0.717) is 0 Å². The molecule has 2 aliphatic heterocycles. The Labute approximate surface area is 137 Å². The SMILES string of the molecule is CN1CC=C(C2=Nc3ccccc3N(C)c3ccccc32)CC1. The summed E-state index contributed by atoms with van der Waals surface area (Å²) in [6.07, 6.45) is 3.38. The van der Waals surface area contributed by atoms with E-state index in [1.54, 1.807) is 0 Å². The standard InChI is InChI=1S/C20H21N3/c1-22-13-11-15(12-14-22)20-16-7-3-5-9-18(16)23(2)19-10-6-4-8-17(19)21-20/h3-11H,12-14H2,1-2H3. The zero-order valence-corrected chi connectivity index (χ0v) is 13.7. The molecule has 23 heavy (non-hydrogen) atoms. The Kier molecular flexibility index (Phi) is 3.50. The van der Waals surface area contributed by atoms with E-state index in [0.717, 1.165) is 36.6 Å². The fourth-order valence-corrected chi connectivity index (χ4v) is 3.35. The molecule has 3 heteroatoms. The van der Waals surface area contributed by atoms with Crippen LogP contribution < -0.4 is 4.90 Å². The van der Waals surface area contributed by atoms with Crippen LogP contribution in [0.4, 0.5) is 17.1 Å². The van der Waals surface area contributed by atoms with Gasteiger partial charge in [0.2, 0.25) is 0 Å². The summed E-state index contributed by atoms with van der Waals surface area (Å²) in [7, 11) is 4.29. The Morgan fingerprint density at radius 2 is 1.65 bits per heavy atom. The van der Waals surface area contributed by atoms with Crippen LogP contribution in [0.3, 0.4) is 0 Å². The molecule has 0 N–H and O–H groups in total. The van der Waals surface area contributed by atoms with E-state index in [4.69, 9.17) is 4.99 Å². The minimum absolute atomic E-state index is 0.994. The van der Waals surface area contributed by atoms with Gasteiger partial charge in [-0.2, -0.15) is 0 Å². The van der Waals surface area contributed by atoms with Gasteiger partial charge in [0.05, 0.1) is 22.8 Å². The first kappa shape index (κ1) is 14.2. The highest BCUT2D eigenvalue weighted by molar-refractivity contribution is 6.18. The van der Waals surface area contributed by atoms with Crippen molar-refractivity contribution in [2.24, 2.45) is 4.99 Å². The van der Waals surface area contributed by atoms with E-state index in [-0.39, 0.29) is 0 Å². The fraction of sp³-hybridized carbons (Fsp3) is 0.250. The van der Waals surface area contributed by atoms with Crippen molar-refractivity contribution in [3.63, 3.8) is 0 Å². The summed E-state index contributed by atoms with van der Waals surface area (Å²) in [4.78, 5) is 9.65. The maximum Gasteiger partial charge on any atom is 0.0874 e. The van der Waals surface area contributed by atoms with Gasteiger partial charge in [-0.05, 0) is 37.2 Å². The Bertz CT molecular complexity index is 804. The summed E-state index contributed by atoms with van der Waals surface area (Å²) < 4.78 is 0. The van der Waals surface area contributed by atoms with Crippen molar-refractivity contribution in [1.82, 2.24) is 4.90 Å². The average molecular weight is 303 g/mol. The van der Waals surface area contributed by atoms with Gasteiger partial charge in [-0.3, -0.25) is 0 Å². The molecule has 0 spiro atoms. The van der Waals surface area contributed by atoms with E-state index >= 15 is 0 Å². The van der Waals surface area contributed by atoms with Gasteiger partial charge in [0.1, 0.15) is 0 Å². The summed E-state index contributed by atoms with van der Waals surface area (Å²) in [6, 6.07) is 17.0. The minimum atomic E-state index is 0.994. The smallest absolute Gasteiger partial charge is 0.0874 e. The third kappa shape index (κ3) is 2.47. The zero-order chi connectivity index (χ0) is 15.8. The molecule has 2 aromatic rings. The van der Waals surface area contributed by atoms with E-state index in [1.165, 1.54) is 16.8 Å². The highest BCUT2D eigenvalue weighted by Crippen LogP contribution is 2.39. The van der Waals surface area contributed by atoms with Crippen LogP contribution in [0.5, 0.6) is 0 Å². The number of hydrogen-bond donors (Lipinski definition) is 0. The topological polar surface area (TPSA) is 18.8 Å². The number of nitrogens with zero attached hydrogens (tertiary/aromatic N) is 3. The van der Waals surface area contributed by atoms with E-state index in [2.05, 4.69) is 78.5 Å². The molecule has 0 amide bonds. The quantitative estimate of drug-likeness (QED) is 0.788. The Morgan fingerprint density at radius 1 is 0.913 bits per heavy atom. The predicted octanol–water partition coefficient (Wildman–Crippen LogP) is 4.15. The second kappa shape index (κ2) is 5.67. The molecule has 2 aliphatic rings. The van der Waals surface area contributed by atoms with Crippen LogP contribution in [-0.2, 0) is 0 Å². The van der Waals surface area contributed by atoms with Gasteiger partial charge in [-0.1, -0.05) is 36.4 Å². The lowest BCUT2D eigenvalue weighted by Gasteiger charge is -2.24. The third-order valence-corrected chi connectivity index (χ3v) is 4.71. The Morgan fingerprint density at radius 3 is 2.43 bits per heavy atom. The molecule has 0 saturated carbocycles. The highest BCUT2D eigenvalue weighted by Gasteiger charge is 2.23. The van der Waals surface area contributed by atoms with Crippen LogP contribution in [0.2, 0.25) is 0 Å². The van der Waals surface area contributed by atoms with Crippen LogP contribution in [0.25, 0.3) is 0 Å². The number of para-hydroxylation sites is 3. The molecule has 0 bridgehead atoms. The maximum atomic E-state index is 5.07. The Hall–Kier alpha value is -2.39. The molecule has 3 nitrogen and oxygen atoms in total. The summed E-state index contributed by atoms with van der Waals surface area (Å²) in [5.74, 6) is 0. The molecular formula is C20H21N3. The molecule has 116 valence electrons. The lowest BCUT2D eigenvalue weighted by Crippen LogP contribution is -2.26. The van der Waals surface area contributed by atoms with Crippen molar-refractivity contribution in [3.05, 3.63) is 65.7 Å². The molecular weight excluding hydrogens is 282 g/mol. The second-order valence-corrected chi connectivity index (χ2v) is 6.27. The number of rotatable bonds is 1. The van der Waals surface area contributed by atoms with Crippen molar-refractivity contribution >= 4 is 22.8 Å². The van der Waals surface area contributed by atoms with Gasteiger partial charge >= 0.3 is 0 Å². The van der Waals surface area contributed by atoms with Crippen molar-refractivity contribution in [1.29, 1.82) is 0 Å². The summed E-state index contributed by atoms with van der Waals surface area (Å²) in [5.41, 5.74) is 7.13.